The second kappa shape index (κ2) is 7.70. The van der Waals surface area contributed by atoms with Crippen molar-refractivity contribution in [1.82, 2.24) is 14.7 Å². The van der Waals surface area contributed by atoms with Crippen LogP contribution in [0.5, 0.6) is 0 Å². The van der Waals surface area contributed by atoms with Gasteiger partial charge in [-0.3, -0.25) is 5.32 Å². The Kier molecular flexibility index (Phi) is 5.38. The van der Waals surface area contributed by atoms with Gasteiger partial charge in [-0.15, -0.1) is 5.10 Å². The number of aliphatic hydroxyl groups excluding tert-OH is 1. The molecule has 0 radical (unpaired) electrons. The van der Waals surface area contributed by atoms with Crippen LogP contribution >= 0.6 is 0 Å². The lowest BCUT2D eigenvalue weighted by Crippen LogP contribution is -2.37. The summed E-state index contributed by atoms with van der Waals surface area (Å²) in [6, 6.07) is 10.2. The lowest BCUT2D eigenvalue weighted by atomic mass is 10.2. The number of carbonyl (C=O) groups is 1. The molecule has 25 heavy (non-hydrogen) atoms. The second-order valence-corrected chi connectivity index (χ2v) is 6.70. The van der Waals surface area contributed by atoms with Gasteiger partial charge in [-0.05, 0) is 51.7 Å². The molecule has 1 heterocycles. The first kappa shape index (κ1) is 17.5. The molecule has 2 aromatic rings. The average molecular weight is 342 g/mol. The van der Waals surface area contributed by atoms with Crippen LogP contribution in [0, 0.1) is 13.8 Å². The lowest BCUT2D eigenvalue weighted by molar-refractivity contribution is 0.204. The molecule has 1 saturated carbocycles. The molecule has 0 aliphatic heterocycles. The smallest absolute Gasteiger partial charge is 0.323 e. The Bertz CT molecular complexity index is 720. The summed E-state index contributed by atoms with van der Waals surface area (Å²) in [7, 11) is 0. The van der Waals surface area contributed by atoms with Gasteiger partial charge in [0.2, 0.25) is 0 Å². The maximum Gasteiger partial charge on any atom is 0.323 e. The zero-order valence-electron chi connectivity index (χ0n) is 14.9. The average Bonchev–Trinajstić information content (AvgIpc) is 3.36. The Morgan fingerprint density at radius 2 is 2.00 bits per heavy atom. The number of unbranched alkanes of at least 4 members (excludes halogenated alkanes) is 1. The number of urea groups is 1. The summed E-state index contributed by atoms with van der Waals surface area (Å²) in [6.07, 6.45) is 3.65. The van der Waals surface area contributed by atoms with Crippen LogP contribution in [0.2, 0.25) is 0 Å². The van der Waals surface area contributed by atoms with E-state index < -0.39 is 0 Å². The summed E-state index contributed by atoms with van der Waals surface area (Å²) >= 11 is 0. The van der Waals surface area contributed by atoms with Crippen molar-refractivity contribution in [2.75, 3.05) is 18.5 Å². The lowest BCUT2D eigenvalue weighted by Gasteiger charge is -2.22. The first-order valence-corrected chi connectivity index (χ1v) is 8.90. The standard InChI is InChI=1S/C19H26N4O2/c1-14-5-7-17(8-6-14)23-15(2)13-18(21-23)20-19(25)22(16-9-10-16)11-3-4-12-24/h5-8,13,16,24H,3-4,9-12H2,1-2H3,(H,20,21,25). The van der Waals surface area contributed by atoms with Crippen LogP contribution in [-0.2, 0) is 0 Å². The molecule has 0 atom stereocenters. The molecule has 0 saturated heterocycles. The molecule has 6 nitrogen and oxygen atoms in total. The molecule has 1 aromatic heterocycles. The highest BCUT2D eigenvalue weighted by atomic mass is 16.3. The SMILES string of the molecule is Cc1ccc(-n2nc(NC(=O)N(CCCCO)C3CC3)cc2C)cc1. The third-order valence-corrected chi connectivity index (χ3v) is 4.46. The molecule has 6 heteroatoms. The van der Waals surface area contributed by atoms with Gasteiger partial charge in [0, 0.05) is 31.0 Å². The number of benzene rings is 1. The predicted octanol–water partition coefficient (Wildman–Crippen LogP) is 3.26. The number of nitrogens with one attached hydrogen (secondary N) is 1. The highest BCUT2D eigenvalue weighted by Crippen LogP contribution is 2.28. The van der Waals surface area contributed by atoms with Crippen LogP contribution in [-0.4, -0.2) is 45.0 Å². The van der Waals surface area contributed by atoms with Crippen molar-refractivity contribution in [3.63, 3.8) is 0 Å². The van der Waals surface area contributed by atoms with E-state index in [1.165, 1.54) is 5.56 Å². The minimum Gasteiger partial charge on any atom is -0.396 e. The minimum atomic E-state index is -0.103. The van der Waals surface area contributed by atoms with Crippen molar-refractivity contribution in [3.8, 4) is 5.69 Å². The van der Waals surface area contributed by atoms with E-state index in [-0.39, 0.29) is 12.6 Å². The summed E-state index contributed by atoms with van der Waals surface area (Å²) in [5.41, 5.74) is 3.15. The topological polar surface area (TPSA) is 70.4 Å². The number of hydrogen-bond acceptors (Lipinski definition) is 3. The van der Waals surface area contributed by atoms with Crippen LogP contribution in [0.15, 0.2) is 30.3 Å². The van der Waals surface area contributed by atoms with Gasteiger partial charge in [-0.25, -0.2) is 9.48 Å². The number of nitrogens with zero attached hydrogens (tertiary/aromatic N) is 3. The van der Waals surface area contributed by atoms with E-state index in [1.807, 2.05) is 46.8 Å². The minimum absolute atomic E-state index is 0.103. The van der Waals surface area contributed by atoms with Gasteiger partial charge in [0.25, 0.3) is 0 Å². The number of rotatable bonds is 7. The van der Waals surface area contributed by atoms with E-state index in [9.17, 15) is 4.79 Å². The van der Waals surface area contributed by atoms with Crippen molar-refractivity contribution >= 4 is 11.8 Å². The van der Waals surface area contributed by atoms with Crippen molar-refractivity contribution in [2.24, 2.45) is 0 Å². The number of aryl methyl sites for hydroxylation is 2. The zero-order valence-corrected chi connectivity index (χ0v) is 14.9. The van der Waals surface area contributed by atoms with Crippen molar-refractivity contribution in [3.05, 3.63) is 41.6 Å². The highest BCUT2D eigenvalue weighted by molar-refractivity contribution is 5.88. The first-order chi connectivity index (χ1) is 12.1. The Morgan fingerprint density at radius 3 is 2.64 bits per heavy atom. The normalized spacial score (nSPS) is 13.7. The second-order valence-electron chi connectivity index (χ2n) is 6.70. The molecular formula is C19H26N4O2. The highest BCUT2D eigenvalue weighted by Gasteiger charge is 2.32. The van der Waals surface area contributed by atoms with Crippen molar-refractivity contribution in [1.29, 1.82) is 0 Å². The fraction of sp³-hybridized carbons (Fsp3) is 0.474. The number of hydrogen-bond donors (Lipinski definition) is 2. The van der Waals surface area contributed by atoms with E-state index >= 15 is 0 Å². The molecule has 0 bridgehead atoms. The van der Waals surface area contributed by atoms with Gasteiger partial charge in [-0.2, -0.15) is 0 Å². The zero-order chi connectivity index (χ0) is 17.8. The molecule has 0 spiro atoms. The maximum atomic E-state index is 12.6. The van der Waals surface area contributed by atoms with Crippen molar-refractivity contribution < 1.29 is 9.90 Å². The molecule has 1 aliphatic carbocycles. The number of aromatic nitrogens is 2. The number of anilines is 1. The van der Waals surface area contributed by atoms with E-state index in [2.05, 4.69) is 17.3 Å². The molecule has 0 unspecified atom stereocenters. The fourth-order valence-corrected chi connectivity index (χ4v) is 2.89. The molecule has 2 N–H and O–H groups in total. The summed E-state index contributed by atoms with van der Waals surface area (Å²) in [4.78, 5) is 14.5. The van der Waals surface area contributed by atoms with E-state index in [1.54, 1.807) is 0 Å². The van der Waals surface area contributed by atoms with Crippen LogP contribution in [0.25, 0.3) is 5.69 Å². The maximum absolute atomic E-state index is 12.6. The number of carbonyl (C=O) groups excluding carboxylic acids is 1. The largest absolute Gasteiger partial charge is 0.396 e. The van der Waals surface area contributed by atoms with E-state index in [4.69, 9.17) is 5.11 Å². The third kappa shape index (κ3) is 4.39. The van der Waals surface area contributed by atoms with Crippen molar-refractivity contribution in [2.45, 2.75) is 45.6 Å². The molecular weight excluding hydrogens is 316 g/mol. The monoisotopic (exact) mass is 342 g/mol. The van der Waals surface area contributed by atoms with Gasteiger partial charge >= 0.3 is 6.03 Å². The van der Waals surface area contributed by atoms with Gasteiger partial charge in [0.1, 0.15) is 0 Å². The Hall–Kier alpha value is -2.34. The van der Waals surface area contributed by atoms with Gasteiger partial charge in [0.05, 0.1) is 5.69 Å². The molecule has 1 aromatic carbocycles. The molecule has 2 amide bonds. The van der Waals surface area contributed by atoms with Crippen LogP contribution in [0.3, 0.4) is 0 Å². The Balaban J connectivity index is 1.68. The Labute approximate surface area is 148 Å². The first-order valence-electron chi connectivity index (χ1n) is 8.90. The van der Waals surface area contributed by atoms with E-state index in [0.717, 1.165) is 37.1 Å². The Morgan fingerprint density at radius 1 is 1.28 bits per heavy atom. The summed E-state index contributed by atoms with van der Waals surface area (Å²) in [5, 5.41) is 16.4. The number of amides is 2. The molecule has 1 aliphatic rings. The molecule has 1 fully saturated rings. The molecule has 134 valence electrons. The van der Waals surface area contributed by atoms with Gasteiger partial charge in [0.15, 0.2) is 5.82 Å². The van der Waals surface area contributed by atoms with Gasteiger partial charge in [-0.1, -0.05) is 17.7 Å². The number of aliphatic hydroxyl groups is 1. The summed E-state index contributed by atoms with van der Waals surface area (Å²) < 4.78 is 1.84. The fourth-order valence-electron chi connectivity index (χ4n) is 2.89. The predicted molar refractivity (Wildman–Crippen MR) is 98.1 cm³/mol. The van der Waals surface area contributed by atoms with Gasteiger partial charge < -0.3 is 10.0 Å². The van der Waals surface area contributed by atoms with Crippen LogP contribution in [0.1, 0.15) is 36.9 Å². The molecule has 3 rings (SSSR count). The van der Waals surface area contributed by atoms with Crippen LogP contribution < -0.4 is 5.32 Å². The summed E-state index contributed by atoms with van der Waals surface area (Å²) in [6.45, 7) is 4.87. The van der Waals surface area contributed by atoms with Crippen LogP contribution in [0.4, 0.5) is 10.6 Å². The van der Waals surface area contributed by atoms with E-state index in [0.29, 0.717) is 18.4 Å². The summed E-state index contributed by atoms with van der Waals surface area (Å²) in [5.74, 6) is 0.566. The quantitative estimate of drug-likeness (QED) is 0.759. The third-order valence-electron chi connectivity index (χ3n) is 4.46.